The van der Waals surface area contributed by atoms with Gasteiger partial charge in [0.1, 0.15) is 17.2 Å². The lowest BCUT2D eigenvalue weighted by molar-refractivity contribution is -0.145. The van der Waals surface area contributed by atoms with E-state index in [0.29, 0.717) is 34.6 Å². The van der Waals surface area contributed by atoms with Crippen molar-refractivity contribution < 1.29 is 27.5 Å². The molecule has 0 radical (unpaired) electrons. The second-order valence-electron chi connectivity index (χ2n) is 6.49. The molecule has 0 aromatic carbocycles. The van der Waals surface area contributed by atoms with Crippen LogP contribution in [-0.2, 0) is 22.5 Å². The van der Waals surface area contributed by atoms with Crippen molar-refractivity contribution in [3.63, 3.8) is 0 Å². The average Bonchev–Trinajstić information content (AvgIpc) is 3.22. The van der Waals surface area contributed by atoms with E-state index in [1.165, 1.54) is 0 Å². The largest absolute Gasteiger partial charge is 0.468 e. The first-order valence-corrected chi connectivity index (χ1v) is 9.39. The quantitative estimate of drug-likeness (QED) is 0.698. The van der Waals surface area contributed by atoms with E-state index >= 15 is 0 Å². The minimum atomic E-state index is -4.48. The molecule has 11 heteroatoms. The van der Waals surface area contributed by atoms with Crippen molar-refractivity contribution in [3.8, 4) is 0 Å². The van der Waals surface area contributed by atoms with Crippen molar-refractivity contribution in [2.24, 2.45) is 0 Å². The van der Waals surface area contributed by atoms with Crippen LogP contribution in [0.3, 0.4) is 0 Å². The summed E-state index contributed by atoms with van der Waals surface area (Å²) in [5, 5.41) is 0.299. The van der Waals surface area contributed by atoms with Crippen molar-refractivity contribution in [1.29, 1.82) is 0 Å². The topological polar surface area (TPSA) is 81.5 Å². The number of thiophene rings is 1. The predicted molar refractivity (Wildman–Crippen MR) is 95.5 cm³/mol. The standard InChI is InChI=1S/C17H18F3N3O4S/c1-9-12-14(21-10-4-3-6-23(10)15(12)25)28-13(9)16(26)22(8-11(24)27-2)7-5-17(18,19)20/h3-8H2,1-2H3. The molecule has 152 valence electrons. The zero-order valence-electron chi connectivity index (χ0n) is 15.3. The van der Waals surface area contributed by atoms with E-state index < -0.39 is 37.6 Å². The highest BCUT2D eigenvalue weighted by molar-refractivity contribution is 7.20. The van der Waals surface area contributed by atoms with Gasteiger partial charge in [-0.25, -0.2) is 4.98 Å². The molecule has 1 amide bonds. The van der Waals surface area contributed by atoms with E-state index in [0.717, 1.165) is 29.8 Å². The van der Waals surface area contributed by atoms with Crippen LogP contribution in [0.2, 0.25) is 0 Å². The Kier molecular flexibility index (Phi) is 5.46. The van der Waals surface area contributed by atoms with Crippen molar-refractivity contribution in [2.45, 2.75) is 38.9 Å². The zero-order chi connectivity index (χ0) is 20.6. The number of rotatable bonds is 5. The van der Waals surface area contributed by atoms with Crippen LogP contribution in [0.4, 0.5) is 13.2 Å². The van der Waals surface area contributed by atoms with Crippen molar-refractivity contribution in [2.75, 3.05) is 20.2 Å². The number of fused-ring (bicyclic) bond motifs is 2. The summed E-state index contributed by atoms with van der Waals surface area (Å²) in [5.41, 5.74) is 0.117. The van der Waals surface area contributed by atoms with E-state index in [9.17, 15) is 27.6 Å². The maximum absolute atomic E-state index is 12.9. The first-order valence-electron chi connectivity index (χ1n) is 8.58. The van der Waals surface area contributed by atoms with Crippen LogP contribution in [0, 0.1) is 6.92 Å². The van der Waals surface area contributed by atoms with Gasteiger partial charge in [-0.15, -0.1) is 11.3 Å². The lowest BCUT2D eigenvalue weighted by Gasteiger charge is -2.21. The Hall–Kier alpha value is -2.43. The van der Waals surface area contributed by atoms with Crippen LogP contribution in [0.25, 0.3) is 10.2 Å². The number of amides is 1. The third kappa shape index (κ3) is 3.89. The summed E-state index contributed by atoms with van der Waals surface area (Å²) in [6, 6.07) is 0. The Morgan fingerprint density at radius 1 is 1.36 bits per heavy atom. The van der Waals surface area contributed by atoms with Gasteiger partial charge in [-0.05, 0) is 18.9 Å². The second-order valence-corrected chi connectivity index (χ2v) is 7.49. The lowest BCUT2D eigenvalue weighted by Crippen LogP contribution is -2.38. The normalized spacial score (nSPS) is 13.6. The van der Waals surface area contributed by atoms with Crippen molar-refractivity contribution in [3.05, 3.63) is 26.6 Å². The summed E-state index contributed by atoms with van der Waals surface area (Å²) in [5.74, 6) is -0.938. The van der Waals surface area contributed by atoms with Crippen LogP contribution < -0.4 is 5.56 Å². The number of methoxy groups -OCH3 is 1. The monoisotopic (exact) mass is 417 g/mol. The average molecular weight is 417 g/mol. The summed E-state index contributed by atoms with van der Waals surface area (Å²) in [4.78, 5) is 42.9. The fourth-order valence-electron chi connectivity index (χ4n) is 3.16. The number of alkyl halides is 3. The van der Waals surface area contributed by atoms with Gasteiger partial charge in [-0.2, -0.15) is 13.2 Å². The van der Waals surface area contributed by atoms with Gasteiger partial charge < -0.3 is 9.64 Å². The molecule has 0 N–H and O–H groups in total. The maximum Gasteiger partial charge on any atom is 0.390 e. The van der Waals surface area contributed by atoms with E-state index in [1.807, 2.05) is 0 Å². The number of aryl methyl sites for hydroxylation is 2. The smallest absolute Gasteiger partial charge is 0.390 e. The van der Waals surface area contributed by atoms with Crippen LogP contribution in [0.1, 0.15) is 33.9 Å². The number of ether oxygens (including phenoxy) is 1. The number of hydrogen-bond donors (Lipinski definition) is 0. The molecule has 0 atom stereocenters. The van der Waals surface area contributed by atoms with Crippen LogP contribution in [-0.4, -0.2) is 52.7 Å². The van der Waals surface area contributed by atoms with E-state index in [-0.39, 0.29) is 10.4 Å². The summed E-state index contributed by atoms with van der Waals surface area (Å²) < 4.78 is 43.9. The summed E-state index contributed by atoms with van der Waals surface area (Å²) in [6.45, 7) is 0.822. The first kappa shape index (κ1) is 20.3. The van der Waals surface area contributed by atoms with Gasteiger partial charge in [0.25, 0.3) is 11.5 Å². The molecule has 1 aliphatic heterocycles. The summed E-state index contributed by atoms with van der Waals surface area (Å²) >= 11 is 0.960. The minimum Gasteiger partial charge on any atom is -0.468 e. The van der Waals surface area contributed by atoms with Gasteiger partial charge in [0, 0.05) is 19.5 Å². The molecule has 7 nitrogen and oxygen atoms in total. The minimum absolute atomic E-state index is 0.106. The molecule has 2 aromatic heterocycles. The fraction of sp³-hybridized carbons (Fsp3) is 0.529. The molecule has 0 saturated heterocycles. The Morgan fingerprint density at radius 2 is 2.07 bits per heavy atom. The van der Waals surface area contributed by atoms with E-state index in [1.54, 1.807) is 11.5 Å². The van der Waals surface area contributed by atoms with Crippen LogP contribution in [0.5, 0.6) is 0 Å². The van der Waals surface area contributed by atoms with Gasteiger partial charge in [-0.3, -0.25) is 19.0 Å². The van der Waals surface area contributed by atoms with E-state index in [2.05, 4.69) is 9.72 Å². The highest BCUT2D eigenvalue weighted by atomic mass is 32.1. The maximum atomic E-state index is 12.9. The van der Waals surface area contributed by atoms with Gasteiger partial charge in [-0.1, -0.05) is 0 Å². The molecule has 28 heavy (non-hydrogen) atoms. The van der Waals surface area contributed by atoms with Gasteiger partial charge in [0.05, 0.1) is 23.8 Å². The third-order valence-corrected chi connectivity index (χ3v) is 5.78. The first-order chi connectivity index (χ1) is 13.1. The number of hydrogen-bond acceptors (Lipinski definition) is 6. The van der Waals surface area contributed by atoms with Crippen LogP contribution in [0.15, 0.2) is 4.79 Å². The molecule has 0 unspecified atom stereocenters. The number of carbonyl (C=O) groups excluding carboxylic acids is 2. The summed E-state index contributed by atoms with van der Waals surface area (Å²) in [6.07, 6.45) is -4.26. The molecule has 3 heterocycles. The Morgan fingerprint density at radius 3 is 2.71 bits per heavy atom. The Balaban J connectivity index is 1.99. The number of halogens is 3. The molecule has 0 saturated carbocycles. The zero-order valence-corrected chi connectivity index (χ0v) is 16.1. The van der Waals surface area contributed by atoms with Crippen LogP contribution >= 0.6 is 11.3 Å². The molecule has 0 fully saturated rings. The van der Waals surface area contributed by atoms with Gasteiger partial charge >= 0.3 is 12.1 Å². The lowest BCUT2D eigenvalue weighted by atomic mass is 10.2. The molecule has 1 aliphatic rings. The molecule has 0 spiro atoms. The van der Waals surface area contributed by atoms with Crippen molar-refractivity contribution >= 4 is 33.4 Å². The molecule has 3 rings (SSSR count). The highest BCUT2D eigenvalue weighted by Crippen LogP contribution is 2.30. The molecule has 0 bridgehead atoms. The van der Waals surface area contributed by atoms with Gasteiger partial charge in [0.15, 0.2) is 0 Å². The van der Waals surface area contributed by atoms with Crippen molar-refractivity contribution in [1.82, 2.24) is 14.5 Å². The number of aromatic nitrogens is 2. The SMILES string of the molecule is COC(=O)CN(CCC(F)(F)F)C(=O)c1sc2nc3n(c(=O)c2c1C)CCC3. The molecule has 2 aromatic rings. The number of carbonyl (C=O) groups is 2. The number of esters is 1. The third-order valence-electron chi connectivity index (χ3n) is 4.61. The molecular formula is C17H18F3N3O4S. The Bertz CT molecular complexity index is 996. The number of nitrogens with zero attached hydrogens (tertiary/aromatic N) is 3. The second kappa shape index (κ2) is 7.53. The fourth-order valence-corrected chi connectivity index (χ4v) is 4.32. The molecular weight excluding hydrogens is 399 g/mol. The molecule has 0 aliphatic carbocycles. The highest BCUT2D eigenvalue weighted by Gasteiger charge is 2.32. The summed E-state index contributed by atoms with van der Waals surface area (Å²) in [7, 11) is 1.09. The Labute approximate surface area is 161 Å². The van der Waals surface area contributed by atoms with E-state index in [4.69, 9.17) is 0 Å². The predicted octanol–water partition coefficient (Wildman–Crippen LogP) is 2.28. The van der Waals surface area contributed by atoms with Gasteiger partial charge in [0.2, 0.25) is 0 Å².